The average Bonchev–Trinajstić information content (AvgIpc) is 3.09. The van der Waals surface area contributed by atoms with Gasteiger partial charge in [0.2, 0.25) is 5.91 Å². The molecule has 0 unspecified atom stereocenters. The molecule has 3 rings (SSSR count). The summed E-state index contributed by atoms with van der Waals surface area (Å²) in [5.74, 6) is -0.769. The third-order valence-corrected chi connectivity index (χ3v) is 7.12. The van der Waals surface area contributed by atoms with E-state index in [9.17, 15) is 14.4 Å². The smallest absolute Gasteiger partial charge is 0.326 e. The van der Waals surface area contributed by atoms with E-state index in [1.165, 1.54) is 28.0 Å². The Labute approximate surface area is 200 Å². The Kier molecular flexibility index (Phi) is 8.65. The predicted molar refractivity (Wildman–Crippen MR) is 131 cm³/mol. The lowest BCUT2D eigenvalue weighted by molar-refractivity contribution is -0.142. The molecule has 8 nitrogen and oxygen atoms in total. The van der Waals surface area contributed by atoms with E-state index in [0.717, 1.165) is 10.4 Å². The van der Waals surface area contributed by atoms with Crippen LogP contribution in [0.2, 0.25) is 0 Å². The Hall–Kier alpha value is -2.69. The number of anilines is 1. The molecule has 0 N–H and O–H groups in total. The summed E-state index contributed by atoms with van der Waals surface area (Å²) in [6.07, 6.45) is 0. The van der Waals surface area contributed by atoms with E-state index in [-0.39, 0.29) is 30.4 Å². The van der Waals surface area contributed by atoms with Gasteiger partial charge in [0.25, 0.3) is 5.56 Å². The molecule has 10 heteroatoms. The van der Waals surface area contributed by atoms with Crippen molar-refractivity contribution in [3.05, 3.63) is 51.1 Å². The molecule has 0 fully saturated rings. The number of fused-ring (bicyclic) bond motifs is 1. The van der Waals surface area contributed by atoms with Crippen molar-refractivity contribution in [3.8, 4) is 0 Å². The molecular weight excluding hydrogens is 462 g/mol. The molecule has 1 amide bonds. The van der Waals surface area contributed by atoms with Crippen LogP contribution in [0.3, 0.4) is 0 Å². The van der Waals surface area contributed by atoms with Gasteiger partial charge in [-0.1, -0.05) is 30.0 Å². The molecule has 0 radical (unpaired) electrons. The highest BCUT2D eigenvalue weighted by Gasteiger charge is 2.22. The van der Waals surface area contributed by atoms with Crippen LogP contribution in [0.15, 0.2) is 40.3 Å². The van der Waals surface area contributed by atoms with Gasteiger partial charge in [-0.3, -0.25) is 19.0 Å². The number of ether oxygens (including phenoxy) is 2. The summed E-state index contributed by atoms with van der Waals surface area (Å²) in [4.78, 5) is 46.2. The van der Waals surface area contributed by atoms with Crippen LogP contribution in [-0.2, 0) is 25.6 Å². The molecule has 0 aliphatic heterocycles. The molecule has 0 aliphatic carbocycles. The number of hydrogen-bond donors (Lipinski definition) is 0. The molecule has 176 valence electrons. The number of thiophene rings is 1. The van der Waals surface area contributed by atoms with E-state index in [1.54, 1.807) is 42.9 Å². The number of aromatic nitrogens is 2. The first-order valence-corrected chi connectivity index (χ1v) is 12.3. The quantitative estimate of drug-likeness (QED) is 0.245. The maximum atomic E-state index is 13.2. The third-order valence-electron chi connectivity index (χ3n) is 5.06. The van der Waals surface area contributed by atoms with Gasteiger partial charge in [-0.05, 0) is 38.5 Å². The van der Waals surface area contributed by atoms with E-state index in [0.29, 0.717) is 34.2 Å². The summed E-state index contributed by atoms with van der Waals surface area (Å²) >= 11 is 2.64. The number of benzene rings is 1. The SMILES string of the molecule is CCOC(=O)CN(C(=O)CSc1nc2sc(C)c(C)c2c(=O)n1CCOC)c1ccccc1. The second-order valence-corrected chi connectivity index (χ2v) is 9.36. The molecule has 2 heterocycles. The number of nitrogens with zero attached hydrogens (tertiary/aromatic N) is 3. The van der Waals surface area contributed by atoms with Gasteiger partial charge in [0, 0.05) is 17.7 Å². The molecule has 0 saturated carbocycles. The Morgan fingerprint density at radius 1 is 1.21 bits per heavy atom. The number of methoxy groups -OCH3 is 1. The lowest BCUT2D eigenvalue weighted by Gasteiger charge is -2.22. The van der Waals surface area contributed by atoms with Crippen LogP contribution >= 0.6 is 23.1 Å². The van der Waals surface area contributed by atoms with Gasteiger partial charge in [-0.2, -0.15) is 0 Å². The van der Waals surface area contributed by atoms with Gasteiger partial charge in [0.05, 0.1) is 30.9 Å². The van der Waals surface area contributed by atoms with Crippen molar-refractivity contribution >= 4 is 50.9 Å². The van der Waals surface area contributed by atoms with Gasteiger partial charge >= 0.3 is 5.97 Å². The highest BCUT2D eigenvalue weighted by atomic mass is 32.2. The molecule has 0 saturated heterocycles. The van der Waals surface area contributed by atoms with E-state index in [2.05, 4.69) is 0 Å². The normalized spacial score (nSPS) is 11.0. The largest absolute Gasteiger partial charge is 0.465 e. The second-order valence-electron chi connectivity index (χ2n) is 7.22. The molecule has 0 aliphatic rings. The summed E-state index contributed by atoms with van der Waals surface area (Å²) in [6.45, 7) is 6.32. The predicted octanol–water partition coefficient (Wildman–Crippen LogP) is 3.41. The van der Waals surface area contributed by atoms with Crippen molar-refractivity contribution in [2.24, 2.45) is 0 Å². The molecule has 0 bridgehead atoms. The number of aryl methyl sites for hydroxylation is 2. The summed E-state index contributed by atoms with van der Waals surface area (Å²) in [6, 6.07) is 8.96. The molecule has 0 atom stereocenters. The fourth-order valence-electron chi connectivity index (χ4n) is 3.27. The van der Waals surface area contributed by atoms with Crippen molar-refractivity contribution in [2.45, 2.75) is 32.5 Å². The molecular formula is C23H27N3O5S2. The summed E-state index contributed by atoms with van der Waals surface area (Å²) in [5.41, 5.74) is 1.39. The lowest BCUT2D eigenvalue weighted by atomic mass is 10.2. The zero-order chi connectivity index (χ0) is 24.0. The van der Waals surface area contributed by atoms with Crippen LogP contribution in [0.5, 0.6) is 0 Å². The average molecular weight is 490 g/mol. The van der Waals surface area contributed by atoms with Crippen molar-refractivity contribution in [3.63, 3.8) is 0 Å². The fourth-order valence-corrected chi connectivity index (χ4v) is 5.24. The van der Waals surface area contributed by atoms with Gasteiger partial charge in [-0.25, -0.2) is 4.98 Å². The minimum Gasteiger partial charge on any atom is -0.465 e. The number of rotatable bonds is 10. The Balaban J connectivity index is 1.89. The van der Waals surface area contributed by atoms with Crippen LogP contribution in [0.1, 0.15) is 17.4 Å². The van der Waals surface area contributed by atoms with Crippen molar-refractivity contribution in [2.75, 3.05) is 37.5 Å². The Morgan fingerprint density at radius 2 is 1.94 bits per heavy atom. The maximum absolute atomic E-state index is 13.2. The highest BCUT2D eigenvalue weighted by Crippen LogP contribution is 2.28. The number of thioether (sulfide) groups is 1. The van der Waals surface area contributed by atoms with E-state index < -0.39 is 5.97 Å². The lowest BCUT2D eigenvalue weighted by Crippen LogP contribution is -2.38. The molecule has 2 aromatic heterocycles. The Morgan fingerprint density at radius 3 is 2.61 bits per heavy atom. The minimum atomic E-state index is -0.485. The summed E-state index contributed by atoms with van der Waals surface area (Å²) in [5, 5.41) is 1.06. The van der Waals surface area contributed by atoms with Crippen molar-refractivity contribution in [1.82, 2.24) is 9.55 Å². The Bertz CT molecular complexity index is 1190. The molecule has 0 spiro atoms. The van der Waals surface area contributed by atoms with Crippen molar-refractivity contribution < 1.29 is 19.1 Å². The van der Waals surface area contributed by atoms with Crippen LogP contribution in [0, 0.1) is 13.8 Å². The number of carbonyl (C=O) groups is 2. The maximum Gasteiger partial charge on any atom is 0.326 e. The van der Waals surface area contributed by atoms with Crippen molar-refractivity contribution in [1.29, 1.82) is 0 Å². The van der Waals surface area contributed by atoms with Gasteiger partial charge in [-0.15, -0.1) is 11.3 Å². The first-order valence-electron chi connectivity index (χ1n) is 10.5. The number of para-hydroxylation sites is 1. The second kappa shape index (κ2) is 11.4. The van der Waals surface area contributed by atoms with Crippen LogP contribution < -0.4 is 10.5 Å². The van der Waals surface area contributed by atoms with E-state index >= 15 is 0 Å². The number of carbonyl (C=O) groups excluding carboxylic acids is 2. The standard InChI is InChI=1S/C23H27N3O5S2/c1-5-31-19(28)13-26(17-9-7-6-8-10-17)18(27)14-32-23-24-21-20(15(2)16(3)33-21)22(29)25(23)11-12-30-4/h6-10H,5,11-14H2,1-4H3. The molecule has 1 aromatic carbocycles. The fraction of sp³-hybridized carbons (Fsp3) is 0.391. The number of esters is 1. The van der Waals surface area contributed by atoms with E-state index in [4.69, 9.17) is 14.5 Å². The number of amides is 1. The van der Waals surface area contributed by atoms with Gasteiger partial charge < -0.3 is 14.4 Å². The van der Waals surface area contributed by atoms with Gasteiger partial charge in [0.15, 0.2) is 5.16 Å². The first-order chi connectivity index (χ1) is 15.9. The first kappa shape index (κ1) is 24.9. The highest BCUT2D eigenvalue weighted by molar-refractivity contribution is 7.99. The van der Waals surface area contributed by atoms with Crippen LogP contribution in [0.25, 0.3) is 10.2 Å². The van der Waals surface area contributed by atoms with Crippen LogP contribution in [-0.4, -0.2) is 54.0 Å². The van der Waals surface area contributed by atoms with E-state index in [1.807, 2.05) is 19.9 Å². The summed E-state index contributed by atoms with van der Waals surface area (Å²) < 4.78 is 11.8. The molecule has 33 heavy (non-hydrogen) atoms. The summed E-state index contributed by atoms with van der Waals surface area (Å²) in [7, 11) is 1.57. The monoisotopic (exact) mass is 489 g/mol. The topological polar surface area (TPSA) is 90.7 Å². The molecule has 3 aromatic rings. The van der Waals surface area contributed by atoms with Crippen LogP contribution in [0.4, 0.5) is 5.69 Å². The minimum absolute atomic E-state index is 0.00255. The third kappa shape index (κ3) is 5.82. The zero-order valence-electron chi connectivity index (χ0n) is 19.1. The number of hydrogen-bond acceptors (Lipinski definition) is 8. The van der Waals surface area contributed by atoms with Gasteiger partial charge in [0.1, 0.15) is 11.4 Å². The zero-order valence-corrected chi connectivity index (χ0v) is 20.8.